The molecule has 148 valence electrons. The molecule has 0 fully saturated rings. The molecule has 30 heavy (non-hydrogen) atoms. The Morgan fingerprint density at radius 1 is 1.20 bits per heavy atom. The van der Waals surface area contributed by atoms with Gasteiger partial charge in [-0.15, -0.1) is 0 Å². The highest BCUT2D eigenvalue weighted by molar-refractivity contribution is 6.05. The van der Waals surface area contributed by atoms with Crippen molar-refractivity contribution in [2.75, 3.05) is 0 Å². The van der Waals surface area contributed by atoms with E-state index < -0.39 is 0 Å². The lowest BCUT2D eigenvalue weighted by Gasteiger charge is -2.04. The van der Waals surface area contributed by atoms with Crippen LogP contribution in [0.4, 0.5) is 0 Å². The Morgan fingerprint density at radius 2 is 2.10 bits per heavy atom. The molecule has 0 unspecified atom stereocenters. The Balaban J connectivity index is 1.43. The number of carbonyl (C=O) groups is 1. The first-order valence-corrected chi connectivity index (χ1v) is 9.31. The molecule has 3 aromatic heterocycles. The third kappa shape index (κ3) is 3.37. The molecule has 1 aromatic carbocycles. The van der Waals surface area contributed by atoms with Crippen molar-refractivity contribution in [2.24, 2.45) is 7.05 Å². The minimum absolute atomic E-state index is 0.103. The van der Waals surface area contributed by atoms with Gasteiger partial charge >= 0.3 is 0 Å². The van der Waals surface area contributed by atoms with Gasteiger partial charge in [-0.25, -0.2) is 0 Å². The smallest absolute Gasteiger partial charge is 0.280 e. The van der Waals surface area contributed by atoms with E-state index in [0.29, 0.717) is 40.4 Å². The summed E-state index contributed by atoms with van der Waals surface area (Å²) in [5.74, 6) is 0.994. The Morgan fingerprint density at radius 3 is 2.90 bits per heavy atom. The first kappa shape index (κ1) is 17.9. The molecule has 5 rings (SSSR count). The normalized spacial score (nSPS) is 13.8. The van der Waals surface area contributed by atoms with Crippen LogP contribution in [-0.2, 0) is 18.3 Å². The Bertz CT molecular complexity index is 1410. The molecule has 1 N–H and O–H groups in total. The van der Waals surface area contributed by atoms with Gasteiger partial charge in [0.15, 0.2) is 11.6 Å². The number of aromatic amines is 1. The maximum atomic E-state index is 12.6. The second-order valence-electron chi connectivity index (χ2n) is 7.02. The van der Waals surface area contributed by atoms with Crippen molar-refractivity contribution in [3.8, 4) is 11.1 Å². The van der Waals surface area contributed by atoms with Gasteiger partial charge in [-0.1, -0.05) is 17.3 Å². The van der Waals surface area contributed by atoms with Crippen molar-refractivity contribution in [3.05, 3.63) is 76.7 Å². The van der Waals surface area contributed by atoms with Gasteiger partial charge in [0.1, 0.15) is 5.82 Å². The number of nitrogens with zero attached hydrogens (tertiary/aromatic N) is 5. The Kier molecular flexibility index (Phi) is 4.20. The maximum Gasteiger partial charge on any atom is 0.280 e. The van der Waals surface area contributed by atoms with Crippen LogP contribution in [0.25, 0.3) is 27.6 Å². The summed E-state index contributed by atoms with van der Waals surface area (Å²) in [6, 6.07) is 5.56. The summed E-state index contributed by atoms with van der Waals surface area (Å²) in [5, 5.41) is 8.59. The zero-order chi connectivity index (χ0) is 20.7. The number of ketones is 1. The Hall–Kier alpha value is -4.14. The van der Waals surface area contributed by atoms with Crippen LogP contribution in [0.2, 0.25) is 0 Å². The number of fused-ring (bicyclic) bond motifs is 1. The summed E-state index contributed by atoms with van der Waals surface area (Å²) in [4.78, 5) is 35.7. The molecule has 0 bridgehead atoms. The molecule has 0 saturated carbocycles. The highest BCUT2D eigenvalue weighted by atomic mass is 16.5. The van der Waals surface area contributed by atoms with Gasteiger partial charge in [0.2, 0.25) is 5.89 Å². The lowest BCUT2D eigenvalue weighted by molar-refractivity contribution is -0.110. The molecule has 0 atom stereocenters. The van der Waals surface area contributed by atoms with Crippen LogP contribution < -0.4 is 5.56 Å². The van der Waals surface area contributed by atoms with Gasteiger partial charge in [0.25, 0.3) is 5.56 Å². The van der Waals surface area contributed by atoms with Gasteiger partial charge in [-0.3, -0.25) is 14.3 Å². The monoisotopic (exact) mass is 400 g/mol. The number of nitrogens with one attached hydrogen (secondary N) is 1. The van der Waals surface area contributed by atoms with E-state index in [-0.39, 0.29) is 17.8 Å². The topological polar surface area (TPSA) is 120 Å². The van der Waals surface area contributed by atoms with Crippen LogP contribution in [0.15, 0.2) is 58.1 Å². The van der Waals surface area contributed by atoms with Gasteiger partial charge in [-0.05, 0) is 36.3 Å². The minimum Gasteiger partial charge on any atom is -0.343 e. The fourth-order valence-corrected chi connectivity index (χ4v) is 3.37. The highest BCUT2D eigenvalue weighted by Gasteiger charge is 2.15. The number of aromatic nitrogens is 6. The predicted molar refractivity (Wildman–Crippen MR) is 108 cm³/mol. The van der Waals surface area contributed by atoms with Crippen LogP contribution in [0.1, 0.15) is 24.0 Å². The fraction of sp³-hybridized carbons (Fsp3) is 0.143. The van der Waals surface area contributed by atoms with Crippen molar-refractivity contribution in [2.45, 2.75) is 12.8 Å². The highest BCUT2D eigenvalue weighted by Crippen LogP contribution is 2.22. The molecule has 1 aliphatic rings. The number of benzene rings is 1. The molecule has 0 aliphatic heterocycles. The number of hydrogen-bond acceptors (Lipinski definition) is 7. The van der Waals surface area contributed by atoms with Crippen LogP contribution in [-0.4, -0.2) is 35.7 Å². The molecule has 0 saturated heterocycles. The molecular weight excluding hydrogens is 384 g/mol. The lowest BCUT2D eigenvalue weighted by Crippen LogP contribution is -2.12. The van der Waals surface area contributed by atoms with E-state index in [0.717, 1.165) is 11.1 Å². The van der Waals surface area contributed by atoms with E-state index >= 15 is 0 Å². The summed E-state index contributed by atoms with van der Waals surface area (Å²) in [5.41, 5.74) is 2.84. The summed E-state index contributed by atoms with van der Waals surface area (Å²) in [7, 11) is 1.84. The number of carbonyl (C=O) groups excluding carboxylic acids is 1. The van der Waals surface area contributed by atoms with Gasteiger partial charge in [0.05, 0.1) is 23.5 Å². The third-order valence-corrected chi connectivity index (χ3v) is 4.81. The molecule has 0 amide bonds. The number of rotatable bonds is 4. The summed E-state index contributed by atoms with van der Waals surface area (Å²) >= 11 is 0. The van der Waals surface area contributed by atoms with Gasteiger partial charge < -0.3 is 9.51 Å². The zero-order valence-corrected chi connectivity index (χ0v) is 16.0. The fourth-order valence-electron chi connectivity index (χ4n) is 3.37. The molecule has 0 spiro atoms. The third-order valence-electron chi connectivity index (χ3n) is 4.81. The minimum atomic E-state index is -0.338. The van der Waals surface area contributed by atoms with E-state index in [1.807, 2.05) is 25.4 Å². The van der Waals surface area contributed by atoms with E-state index in [9.17, 15) is 9.59 Å². The second kappa shape index (κ2) is 7.03. The largest absolute Gasteiger partial charge is 0.343 e. The lowest BCUT2D eigenvalue weighted by atomic mass is 10.1. The van der Waals surface area contributed by atoms with E-state index in [2.05, 4.69) is 25.2 Å². The van der Waals surface area contributed by atoms with Gasteiger partial charge in [-0.2, -0.15) is 15.1 Å². The van der Waals surface area contributed by atoms with Crippen LogP contribution in [0, 0.1) is 0 Å². The number of aryl methyl sites for hydroxylation is 1. The molecule has 3 heterocycles. The standard InChI is InChI=1S/C21H16N6O3/c1-27-11-14(10-22-27)12-5-6-17-16(8-12)21(29)24-18(23-17)9-19-25-20(26-30-19)13-3-2-4-15(28)7-13/h2,4-8,10-11H,3,9H2,1H3,(H,23,24,29). The summed E-state index contributed by atoms with van der Waals surface area (Å²) < 4.78 is 6.99. The Labute approximate surface area is 169 Å². The van der Waals surface area contributed by atoms with Crippen molar-refractivity contribution in [3.63, 3.8) is 0 Å². The molecule has 9 nitrogen and oxygen atoms in total. The quantitative estimate of drug-likeness (QED) is 0.558. The van der Waals surface area contributed by atoms with Crippen molar-refractivity contribution < 1.29 is 9.32 Å². The number of H-pyrrole nitrogens is 1. The predicted octanol–water partition coefficient (Wildman–Crippen LogP) is 2.21. The molecule has 0 radical (unpaired) electrons. The van der Waals surface area contributed by atoms with Crippen LogP contribution in [0.5, 0.6) is 0 Å². The first-order valence-electron chi connectivity index (χ1n) is 9.31. The average molecular weight is 400 g/mol. The van der Waals surface area contributed by atoms with Gasteiger partial charge in [0, 0.05) is 24.4 Å². The zero-order valence-electron chi connectivity index (χ0n) is 16.0. The average Bonchev–Trinajstić information content (AvgIpc) is 3.37. The van der Waals surface area contributed by atoms with Crippen LogP contribution >= 0.6 is 0 Å². The molecular formula is C21H16N6O3. The molecule has 1 aliphatic carbocycles. The second-order valence-corrected chi connectivity index (χ2v) is 7.02. The summed E-state index contributed by atoms with van der Waals surface area (Å²) in [6.07, 6.45) is 9.13. The van der Waals surface area contributed by atoms with Crippen molar-refractivity contribution in [1.29, 1.82) is 0 Å². The maximum absolute atomic E-state index is 12.6. The van der Waals surface area contributed by atoms with Crippen molar-refractivity contribution in [1.82, 2.24) is 29.9 Å². The summed E-state index contributed by atoms with van der Waals surface area (Å²) in [6.45, 7) is 0. The van der Waals surface area contributed by atoms with Crippen molar-refractivity contribution >= 4 is 22.3 Å². The number of allylic oxidation sites excluding steroid dienone is 4. The number of hydrogen-bond donors (Lipinski definition) is 1. The molecule has 4 aromatic rings. The van der Waals surface area contributed by atoms with E-state index in [1.165, 1.54) is 12.2 Å². The van der Waals surface area contributed by atoms with E-state index in [1.54, 1.807) is 23.0 Å². The van der Waals surface area contributed by atoms with Crippen LogP contribution in [0.3, 0.4) is 0 Å². The molecule has 9 heteroatoms. The SMILES string of the molecule is Cn1cc(-c2ccc3[nH]c(Cc4nc(C5=CC(=O)C=CC5)no4)nc(=O)c3c2)cn1. The first-order chi connectivity index (χ1) is 14.5. The van der Waals surface area contributed by atoms with E-state index in [4.69, 9.17) is 4.52 Å².